The molecule has 0 aromatic heterocycles. The minimum atomic E-state index is 0.169. The summed E-state index contributed by atoms with van der Waals surface area (Å²) in [7, 11) is 0. The Kier molecular flexibility index (Phi) is 4.39. The van der Waals surface area contributed by atoms with Crippen molar-refractivity contribution in [2.24, 2.45) is 0 Å². The fourth-order valence-corrected chi connectivity index (χ4v) is 4.13. The zero-order chi connectivity index (χ0) is 14.7. The van der Waals surface area contributed by atoms with E-state index in [0.29, 0.717) is 6.04 Å². The average Bonchev–Trinajstić information content (AvgIpc) is 2.51. The topological polar surface area (TPSA) is 38.5 Å². The van der Waals surface area contributed by atoms with E-state index in [0.717, 1.165) is 25.3 Å². The second-order valence-electron chi connectivity index (χ2n) is 6.62. The third-order valence-corrected chi connectivity index (χ3v) is 5.24. The normalized spacial score (nSPS) is 24.9. The van der Waals surface area contributed by atoms with Crippen LogP contribution < -0.4 is 10.6 Å². The fourth-order valence-electron chi connectivity index (χ4n) is 4.13. The lowest BCUT2D eigenvalue weighted by Gasteiger charge is -2.47. The monoisotopic (exact) mass is 288 g/mol. The van der Waals surface area contributed by atoms with Gasteiger partial charge in [-0.2, -0.15) is 0 Å². The molecule has 116 valence electrons. The molecule has 1 spiro atoms. The first-order valence-electron chi connectivity index (χ1n) is 8.49. The van der Waals surface area contributed by atoms with Crippen LogP contribution >= 0.6 is 0 Å². The molecule has 1 aliphatic carbocycles. The zero-order valence-electron chi connectivity index (χ0n) is 13.2. The number of anilines is 2. The first kappa shape index (κ1) is 14.7. The van der Waals surface area contributed by atoms with Gasteiger partial charge in [-0.15, -0.1) is 0 Å². The van der Waals surface area contributed by atoms with Crippen LogP contribution in [0.15, 0.2) is 24.3 Å². The highest BCUT2D eigenvalue weighted by atomic mass is 16.5. The Morgan fingerprint density at radius 2 is 1.90 bits per heavy atom. The minimum absolute atomic E-state index is 0.169. The van der Waals surface area contributed by atoms with Crippen molar-refractivity contribution in [3.8, 4) is 0 Å². The van der Waals surface area contributed by atoms with Gasteiger partial charge in [0, 0.05) is 30.6 Å². The van der Waals surface area contributed by atoms with Crippen molar-refractivity contribution in [3.63, 3.8) is 0 Å². The molecule has 1 heterocycles. The predicted molar refractivity (Wildman–Crippen MR) is 88.7 cm³/mol. The molecule has 3 nitrogen and oxygen atoms in total. The molecule has 2 fully saturated rings. The molecular formula is C18H28N2O. The van der Waals surface area contributed by atoms with E-state index in [4.69, 9.17) is 10.5 Å². The Hall–Kier alpha value is -1.22. The number of nitrogens with two attached hydrogens (primary N) is 1. The van der Waals surface area contributed by atoms with E-state index in [1.807, 2.05) is 12.1 Å². The van der Waals surface area contributed by atoms with Crippen LogP contribution in [-0.2, 0) is 4.74 Å². The van der Waals surface area contributed by atoms with E-state index >= 15 is 0 Å². The summed E-state index contributed by atoms with van der Waals surface area (Å²) in [4.78, 5) is 2.54. The molecule has 1 aliphatic heterocycles. The Labute approximate surface area is 128 Å². The summed E-state index contributed by atoms with van der Waals surface area (Å²) in [6.07, 6.45) is 8.88. The summed E-state index contributed by atoms with van der Waals surface area (Å²) in [5.41, 5.74) is 8.12. The van der Waals surface area contributed by atoms with E-state index in [2.05, 4.69) is 24.0 Å². The summed E-state index contributed by atoms with van der Waals surface area (Å²) < 4.78 is 6.24. The molecule has 1 unspecified atom stereocenters. The molecule has 0 bridgehead atoms. The molecule has 3 heteroatoms. The maximum Gasteiger partial charge on any atom is 0.0702 e. The van der Waals surface area contributed by atoms with Gasteiger partial charge in [0.1, 0.15) is 0 Å². The summed E-state index contributed by atoms with van der Waals surface area (Å²) in [6, 6.07) is 8.93. The van der Waals surface area contributed by atoms with Crippen LogP contribution in [0.4, 0.5) is 11.4 Å². The number of hydrogen-bond acceptors (Lipinski definition) is 3. The molecule has 1 aromatic carbocycles. The standard InChI is InChI=1S/C18H28N2O/c1-2-20(16-8-6-15(19)7-9-16)17-10-13-21-18(14-17)11-4-3-5-12-18/h6-9,17H,2-5,10-14,19H2,1H3. The molecule has 2 N–H and O–H groups in total. The van der Waals surface area contributed by atoms with Gasteiger partial charge in [0.25, 0.3) is 0 Å². The number of nitrogens with zero attached hydrogens (tertiary/aromatic N) is 1. The maximum absolute atomic E-state index is 6.24. The van der Waals surface area contributed by atoms with Gasteiger partial charge in [-0.1, -0.05) is 19.3 Å². The molecular weight excluding hydrogens is 260 g/mol. The molecule has 1 saturated carbocycles. The average molecular weight is 288 g/mol. The largest absolute Gasteiger partial charge is 0.399 e. The molecule has 2 aliphatic rings. The van der Waals surface area contributed by atoms with Gasteiger partial charge in [0.15, 0.2) is 0 Å². The Balaban J connectivity index is 1.75. The number of hydrogen-bond donors (Lipinski definition) is 1. The SMILES string of the molecule is CCN(c1ccc(N)cc1)C1CCOC2(CCCCC2)C1. The first-order chi connectivity index (χ1) is 10.2. The third kappa shape index (κ3) is 3.18. The maximum atomic E-state index is 6.24. The van der Waals surface area contributed by atoms with Gasteiger partial charge in [-0.3, -0.25) is 0 Å². The van der Waals surface area contributed by atoms with Gasteiger partial charge < -0.3 is 15.4 Å². The van der Waals surface area contributed by atoms with Crippen molar-refractivity contribution in [1.29, 1.82) is 0 Å². The third-order valence-electron chi connectivity index (χ3n) is 5.24. The Morgan fingerprint density at radius 3 is 2.57 bits per heavy atom. The summed E-state index contributed by atoms with van der Waals surface area (Å²) in [6.45, 7) is 4.21. The van der Waals surface area contributed by atoms with Crippen LogP contribution in [-0.4, -0.2) is 24.8 Å². The summed E-state index contributed by atoms with van der Waals surface area (Å²) in [5, 5.41) is 0. The molecule has 0 radical (unpaired) electrons. The van der Waals surface area contributed by atoms with Gasteiger partial charge in [-0.05, 0) is 56.9 Å². The Bertz CT molecular complexity index is 445. The van der Waals surface area contributed by atoms with E-state index in [1.165, 1.54) is 44.2 Å². The summed E-state index contributed by atoms with van der Waals surface area (Å²) in [5.74, 6) is 0. The lowest BCUT2D eigenvalue weighted by atomic mass is 9.78. The second kappa shape index (κ2) is 6.27. The van der Waals surface area contributed by atoms with E-state index in [9.17, 15) is 0 Å². The highest BCUT2D eigenvalue weighted by Crippen LogP contribution is 2.40. The van der Waals surface area contributed by atoms with Crippen molar-refractivity contribution in [3.05, 3.63) is 24.3 Å². The molecule has 3 rings (SSSR count). The molecule has 21 heavy (non-hydrogen) atoms. The van der Waals surface area contributed by atoms with Crippen molar-refractivity contribution in [2.75, 3.05) is 23.8 Å². The van der Waals surface area contributed by atoms with Crippen molar-refractivity contribution >= 4 is 11.4 Å². The molecule has 1 aromatic rings. The number of rotatable bonds is 3. The minimum Gasteiger partial charge on any atom is -0.399 e. The lowest BCUT2D eigenvalue weighted by Crippen LogP contribution is -2.49. The number of benzene rings is 1. The fraction of sp³-hybridized carbons (Fsp3) is 0.667. The van der Waals surface area contributed by atoms with E-state index in [1.54, 1.807) is 0 Å². The van der Waals surface area contributed by atoms with Crippen LogP contribution in [0, 0.1) is 0 Å². The highest BCUT2D eigenvalue weighted by Gasteiger charge is 2.40. The van der Waals surface area contributed by atoms with Crippen LogP contribution in [0.3, 0.4) is 0 Å². The van der Waals surface area contributed by atoms with Crippen molar-refractivity contribution < 1.29 is 4.74 Å². The molecule has 1 atom stereocenters. The predicted octanol–water partition coefficient (Wildman–Crippen LogP) is 3.98. The van der Waals surface area contributed by atoms with Crippen LogP contribution in [0.25, 0.3) is 0 Å². The van der Waals surface area contributed by atoms with Crippen LogP contribution in [0.2, 0.25) is 0 Å². The lowest BCUT2D eigenvalue weighted by molar-refractivity contribution is -0.105. The second-order valence-corrected chi connectivity index (χ2v) is 6.62. The van der Waals surface area contributed by atoms with Gasteiger partial charge in [0.2, 0.25) is 0 Å². The van der Waals surface area contributed by atoms with Crippen LogP contribution in [0.1, 0.15) is 51.9 Å². The van der Waals surface area contributed by atoms with Crippen molar-refractivity contribution in [1.82, 2.24) is 0 Å². The van der Waals surface area contributed by atoms with E-state index in [-0.39, 0.29) is 5.60 Å². The number of nitrogen functional groups attached to an aromatic ring is 1. The first-order valence-corrected chi connectivity index (χ1v) is 8.49. The number of ether oxygens (including phenoxy) is 1. The molecule has 1 saturated heterocycles. The van der Waals surface area contributed by atoms with Crippen molar-refractivity contribution in [2.45, 2.75) is 63.5 Å². The summed E-state index contributed by atoms with van der Waals surface area (Å²) >= 11 is 0. The smallest absolute Gasteiger partial charge is 0.0702 e. The van der Waals surface area contributed by atoms with Gasteiger partial charge >= 0.3 is 0 Å². The van der Waals surface area contributed by atoms with Gasteiger partial charge in [0.05, 0.1) is 5.60 Å². The Morgan fingerprint density at radius 1 is 1.19 bits per heavy atom. The quantitative estimate of drug-likeness (QED) is 0.855. The van der Waals surface area contributed by atoms with E-state index < -0.39 is 0 Å². The molecule has 0 amide bonds. The van der Waals surface area contributed by atoms with Gasteiger partial charge in [-0.25, -0.2) is 0 Å². The highest BCUT2D eigenvalue weighted by molar-refractivity contribution is 5.53. The van der Waals surface area contributed by atoms with Crippen LogP contribution in [0.5, 0.6) is 0 Å². The zero-order valence-corrected chi connectivity index (χ0v) is 13.2.